The number of carbonyl (C=O) groups excluding carboxylic acids is 1. The summed E-state index contributed by atoms with van der Waals surface area (Å²) in [5.41, 5.74) is 0.784. The molecule has 0 aliphatic carbocycles. The van der Waals surface area contributed by atoms with Crippen LogP contribution in [0.5, 0.6) is 0 Å². The highest BCUT2D eigenvalue weighted by molar-refractivity contribution is 5.82. The van der Waals surface area contributed by atoms with Crippen molar-refractivity contribution in [1.82, 2.24) is 4.90 Å². The second-order valence-corrected chi connectivity index (χ2v) is 4.90. The molecule has 0 unspecified atom stereocenters. The van der Waals surface area contributed by atoms with Gasteiger partial charge in [-0.3, -0.25) is 9.59 Å². The molecular formula is C15H19NO5. The van der Waals surface area contributed by atoms with Gasteiger partial charge in [-0.25, -0.2) is 0 Å². The van der Waals surface area contributed by atoms with Gasteiger partial charge in [0, 0.05) is 20.2 Å². The van der Waals surface area contributed by atoms with E-state index in [1.54, 1.807) is 4.90 Å². The monoisotopic (exact) mass is 293 g/mol. The largest absolute Gasteiger partial charge is 0.481 e. The van der Waals surface area contributed by atoms with Crippen LogP contribution in [0.3, 0.4) is 0 Å². The van der Waals surface area contributed by atoms with Gasteiger partial charge in [0.25, 0.3) is 5.91 Å². The number of carboxylic acid groups (broad SMARTS) is 1. The van der Waals surface area contributed by atoms with Crippen LogP contribution < -0.4 is 0 Å². The Morgan fingerprint density at radius 2 is 2.14 bits per heavy atom. The molecule has 2 atom stereocenters. The molecule has 6 heteroatoms. The molecule has 114 valence electrons. The first-order valence-electron chi connectivity index (χ1n) is 6.81. The molecule has 1 fully saturated rings. The van der Waals surface area contributed by atoms with Crippen molar-refractivity contribution in [2.24, 2.45) is 0 Å². The number of hydrogen-bond acceptors (Lipinski definition) is 4. The Kier molecular flexibility index (Phi) is 5.30. The molecule has 0 aromatic heterocycles. The zero-order valence-electron chi connectivity index (χ0n) is 11.9. The van der Waals surface area contributed by atoms with Crippen molar-refractivity contribution in [3.05, 3.63) is 35.9 Å². The molecule has 0 radical (unpaired) electrons. The molecule has 1 aliphatic heterocycles. The first-order chi connectivity index (χ1) is 10.1. The molecule has 0 bridgehead atoms. The van der Waals surface area contributed by atoms with Gasteiger partial charge in [-0.05, 0) is 5.56 Å². The lowest BCUT2D eigenvalue weighted by atomic mass is 10.1. The number of amides is 1. The topological polar surface area (TPSA) is 76.1 Å². The van der Waals surface area contributed by atoms with Crippen molar-refractivity contribution < 1.29 is 24.2 Å². The van der Waals surface area contributed by atoms with Crippen LogP contribution in [0, 0.1) is 0 Å². The molecule has 1 aromatic carbocycles. The van der Waals surface area contributed by atoms with Crippen LogP contribution in [0.15, 0.2) is 30.3 Å². The van der Waals surface area contributed by atoms with E-state index in [4.69, 9.17) is 14.6 Å². The fourth-order valence-corrected chi connectivity index (χ4v) is 2.41. The van der Waals surface area contributed by atoms with Crippen LogP contribution in [0.1, 0.15) is 18.1 Å². The zero-order chi connectivity index (χ0) is 15.2. The Balaban J connectivity index is 2.05. The minimum atomic E-state index is -0.930. The van der Waals surface area contributed by atoms with E-state index in [-0.39, 0.29) is 18.9 Å². The summed E-state index contributed by atoms with van der Waals surface area (Å²) in [5.74, 6) is -1.09. The van der Waals surface area contributed by atoms with E-state index in [1.165, 1.54) is 7.11 Å². The fraction of sp³-hybridized carbons (Fsp3) is 0.467. The van der Waals surface area contributed by atoms with Gasteiger partial charge in [0.05, 0.1) is 19.1 Å². The molecule has 1 N–H and O–H groups in total. The summed E-state index contributed by atoms with van der Waals surface area (Å²) in [6, 6.07) is 9.24. The third-order valence-electron chi connectivity index (χ3n) is 3.42. The summed E-state index contributed by atoms with van der Waals surface area (Å²) >= 11 is 0. The predicted octanol–water partition coefficient (Wildman–Crippen LogP) is 1.08. The Morgan fingerprint density at radius 1 is 1.43 bits per heavy atom. The first kappa shape index (κ1) is 15.5. The lowest BCUT2D eigenvalue weighted by Crippen LogP contribution is -2.48. The highest BCUT2D eigenvalue weighted by Crippen LogP contribution is 2.21. The van der Waals surface area contributed by atoms with Crippen LogP contribution in [-0.4, -0.2) is 54.8 Å². The number of carbonyl (C=O) groups is 2. The number of aliphatic carboxylic acids is 1. The number of nitrogens with zero attached hydrogens (tertiary/aromatic N) is 1. The Morgan fingerprint density at radius 3 is 2.76 bits per heavy atom. The molecule has 1 saturated heterocycles. The third-order valence-corrected chi connectivity index (χ3v) is 3.42. The van der Waals surface area contributed by atoms with E-state index in [1.807, 2.05) is 30.3 Å². The summed E-state index contributed by atoms with van der Waals surface area (Å²) in [7, 11) is 1.49. The molecule has 6 nitrogen and oxygen atoms in total. The van der Waals surface area contributed by atoms with Crippen molar-refractivity contribution in [2.45, 2.75) is 18.6 Å². The van der Waals surface area contributed by atoms with Gasteiger partial charge in [0.1, 0.15) is 0 Å². The number of rotatable bonds is 5. The zero-order valence-corrected chi connectivity index (χ0v) is 11.9. The number of morpholine rings is 1. The van der Waals surface area contributed by atoms with E-state index >= 15 is 0 Å². The molecule has 1 amide bonds. The number of carboxylic acids is 1. The van der Waals surface area contributed by atoms with E-state index in [0.717, 1.165) is 5.56 Å². The van der Waals surface area contributed by atoms with E-state index < -0.39 is 18.2 Å². The van der Waals surface area contributed by atoms with Crippen molar-refractivity contribution >= 4 is 11.9 Å². The lowest BCUT2D eigenvalue weighted by molar-refractivity contribution is -0.154. The van der Waals surface area contributed by atoms with Crippen LogP contribution in [0.2, 0.25) is 0 Å². The van der Waals surface area contributed by atoms with Crippen molar-refractivity contribution in [1.29, 1.82) is 0 Å². The molecule has 1 aliphatic rings. The number of benzene rings is 1. The van der Waals surface area contributed by atoms with Crippen molar-refractivity contribution in [3.8, 4) is 0 Å². The minimum Gasteiger partial charge on any atom is -0.481 e. The average Bonchev–Trinajstić information content (AvgIpc) is 2.48. The fourth-order valence-electron chi connectivity index (χ4n) is 2.41. The SMILES string of the molecule is CO[C@@H](C(=O)N1CCO[C@H](CC(=O)O)C1)c1ccccc1. The molecule has 21 heavy (non-hydrogen) atoms. The maximum absolute atomic E-state index is 12.6. The van der Waals surface area contributed by atoms with Gasteiger partial charge < -0.3 is 19.5 Å². The Labute approximate surface area is 123 Å². The standard InChI is InChI=1S/C15H19NO5/c1-20-14(11-5-3-2-4-6-11)15(19)16-7-8-21-12(10-16)9-13(17)18/h2-6,12,14H,7-10H2,1H3,(H,17,18)/t12-,14-/m1/s1. The highest BCUT2D eigenvalue weighted by atomic mass is 16.5. The van der Waals surface area contributed by atoms with E-state index in [9.17, 15) is 9.59 Å². The number of hydrogen-bond donors (Lipinski definition) is 1. The number of methoxy groups -OCH3 is 1. The minimum absolute atomic E-state index is 0.104. The highest BCUT2D eigenvalue weighted by Gasteiger charge is 2.31. The molecule has 2 rings (SSSR count). The van der Waals surface area contributed by atoms with Gasteiger partial charge >= 0.3 is 5.97 Å². The van der Waals surface area contributed by atoms with Gasteiger partial charge in [-0.15, -0.1) is 0 Å². The summed E-state index contributed by atoms with van der Waals surface area (Å²) in [5, 5.41) is 8.82. The van der Waals surface area contributed by atoms with Gasteiger partial charge in [0.15, 0.2) is 6.10 Å². The van der Waals surface area contributed by atoms with Crippen molar-refractivity contribution in [3.63, 3.8) is 0 Å². The smallest absolute Gasteiger partial charge is 0.306 e. The molecule has 0 saturated carbocycles. The van der Waals surface area contributed by atoms with Crippen LogP contribution in [-0.2, 0) is 19.1 Å². The van der Waals surface area contributed by atoms with Crippen LogP contribution >= 0.6 is 0 Å². The summed E-state index contributed by atoms with van der Waals surface area (Å²) < 4.78 is 10.7. The van der Waals surface area contributed by atoms with Crippen LogP contribution in [0.4, 0.5) is 0 Å². The first-order valence-corrected chi connectivity index (χ1v) is 6.81. The average molecular weight is 293 g/mol. The van der Waals surface area contributed by atoms with Gasteiger partial charge in [0.2, 0.25) is 0 Å². The molecule has 1 aromatic rings. The van der Waals surface area contributed by atoms with Gasteiger partial charge in [-0.2, -0.15) is 0 Å². The maximum atomic E-state index is 12.6. The summed E-state index contributed by atoms with van der Waals surface area (Å²) in [4.78, 5) is 24.9. The van der Waals surface area contributed by atoms with Crippen LogP contribution in [0.25, 0.3) is 0 Å². The normalized spacial score (nSPS) is 20.0. The molecule has 1 heterocycles. The predicted molar refractivity (Wildman–Crippen MR) is 74.8 cm³/mol. The van der Waals surface area contributed by atoms with Gasteiger partial charge in [-0.1, -0.05) is 30.3 Å². The molecular weight excluding hydrogens is 274 g/mol. The second kappa shape index (κ2) is 7.19. The Bertz CT molecular complexity index is 490. The molecule has 0 spiro atoms. The quantitative estimate of drug-likeness (QED) is 0.879. The van der Waals surface area contributed by atoms with E-state index in [2.05, 4.69) is 0 Å². The Hall–Kier alpha value is -1.92. The third kappa shape index (κ3) is 4.03. The number of ether oxygens (including phenoxy) is 2. The lowest BCUT2D eigenvalue weighted by Gasteiger charge is -2.34. The second-order valence-electron chi connectivity index (χ2n) is 4.90. The maximum Gasteiger partial charge on any atom is 0.306 e. The summed E-state index contributed by atoms with van der Waals surface area (Å²) in [6.45, 7) is 1.06. The van der Waals surface area contributed by atoms with E-state index in [0.29, 0.717) is 13.2 Å². The van der Waals surface area contributed by atoms with Crippen molar-refractivity contribution in [2.75, 3.05) is 26.8 Å². The summed E-state index contributed by atoms with van der Waals surface area (Å²) in [6.07, 6.45) is -1.24.